The lowest BCUT2D eigenvalue weighted by Crippen LogP contribution is -2.48. The van der Waals surface area contributed by atoms with Gasteiger partial charge in [0, 0.05) is 44.9 Å². The molecule has 12 heteroatoms. The van der Waals surface area contributed by atoms with Crippen LogP contribution in [0.4, 0.5) is 21.4 Å². The van der Waals surface area contributed by atoms with Gasteiger partial charge in [-0.3, -0.25) is 9.69 Å². The number of amides is 3. The first-order valence-electron chi connectivity index (χ1n) is 16.7. The number of fused-ring (bicyclic) bond motifs is 1. The molecule has 2 atom stereocenters. The lowest BCUT2D eigenvalue weighted by atomic mass is 9.96. The Hall–Kier alpha value is -3.93. The van der Waals surface area contributed by atoms with Crippen LogP contribution in [-0.2, 0) is 20.6 Å². The van der Waals surface area contributed by atoms with Crippen molar-refractivity contribution in [2.75, 3.05) is 43.2 Å². The molecule has 12 nitrogen and oxygen atoms in total. The first kappa shape index (κ1) is 34.4. The van der Waals surface area contributed by atoms with Gasteiger partial charge in [0.2, 0.25) is 5.95 Å². The lowest BCUT2D eigenvalue weighted by molar-refractivity contribution is 0.0185. The Bertz CT molecular complexity index is 1440. The molecule has 3 aliphatic rings. The molecule has 1 saturated heterocycles. The molecule has 2 aromatic rings. The Morgan fingerprint density at radius 3 is 2.38 bits per heavy atom. The standard InChI is InChI=1S/C35H49N5O7/c1-34(2,3)46-32(42)38-18-14-23(15-19-38)22-39(30(41)25-11-12-27-24(21-25)16-20-45-27)29-13-17-36-31(37-29)40(33(43)47-35(4,5)6)26-9-8-10-28(26)44-7/h11-13,17,21,23,26,28H,8-10,14-16,18-20,22H2,1-7H3/t26?,28-/m0/s1. The largest absolute Gasteiger partial charge is 0.493 e. The van der Waals surface area contributed by atoms with Crippen LogP contribution >= 0.6 is 0 Å². The quantitative estimate of drug-likeness (QED) is 0.354. The SMILES string of the molecule is CO[C@H]1CCCC1N(C(=O)OC(C)(C)C)c1nccc(N(CC2CCN(C(=O)OC(C)(C)C)CC2)C(=O)c2ccc3c(c2)CCO3)n1. The fourth-order valence-electron chi connectivity index (χ4n) is 6.40. The summed E-state index contributed by atoms with van der Waals surface area (Å²) in [5.74, 6) is 1.23. The van der Waals surface area contributed by atoms with Crippen molar-refractivity contribution in [2.24, 2.45) is 5.92 Å². The molecule has 1 unspecified atom stereocenters. The van der Waals surface area contributed by atoms with Gasteiger partial charge in [0.15, 0.2) is 0 Å². The smallest absolute Gasteiger partial charge is 0.417 e. The van der Waals surface area contributed by atoms with E-state index in [2.05, 4.69) is 4.98 Å². The Morgan fingerprint density at radius 2 is 1.70 bits per heavy atom. The van der Waals surface area contributed by atoms with Gasteiger partial charge in [-0.05, 0) is 109 Å². The molecule has 2 aliphatic heterocycles. The molecule has 0 spiro atoms. The maximum absolute atomic E-state index is 14.3. The minimum absolute atomic E-state index is 0.100. The lowest BCUT2D eigenvalue weighted by Gasteiger charge is -2.36. The molecule has 2 fully saturated rings. The van der Waals surface area contributed by atoms with E-state index in [0.29, 0.717) is 56.9 Å². The summed E-state index contributed by atoms with van der Waals surface area (Å²) in [7, 11) is 1.64. The predicted molar refractivity (Wildman–Crippen MR) is 177 cm³/mol. The van der Waals surface area contributed by atoms with E-state index in [9.17, 15) is 14.4 Å². The number of ether oxygens (including phenoxy) is 4. The van der Waals surface area contributed by atoms with Gasteiger partial charge in [0.1, 0.15) is 22.8 Å². The summed E-state index contributed by atoms with van der Waals surface area (Å²) in [5.41, 5.74) is 0.215. The highest BCUT2D eigenvalue weighted by atomic mass is 16.6. The van der Waals surface area contributed by atoms with Crippen molar-refractivity contribution in [2.45, 2.75) is 103 Å². The summed E-state index contributed by atoms with van der Waals surface area (Å²) in [6, 6.07) is 6.89. The van der Waals surface area contributed by atoms with Crippen molar-refractivity contribution in [1.82, 2.24) is 14.9 Å². The maximum atomic E-state index is 14.3. The van der Waals surface area contributed by atoms with Gasteiger partial charge in [-0.15, -0.1) is 0 Å². The molecule has 3 heterocycles. The normalized spacial score (nSPS) is 19.9. The van der Waals surface area contributed by atoms with Gasteiger partial charge in [-0.25, -0.2) is 19.5 Å². The van der Waals surface area contributed by atoms with Gasteiger partial charge >= 0.3 is 12.2 Å². The third-order valence-electron chi connectivity index (χ3n) is 8.65. The van der Waals surface area contributed by atoms with Gasteiger partial charge in [0.05, 0.1) is 18.8 Å². The van der Waals surface area contributed by atoms with Crippen LogP contribution in [0.5, 0.6) is 5.75 Å². The Labute approximate surface area is 277 Å². The molecule has 3 amide bonds. The summed E-state index contributed by atoms with van der Waals surface area (Å²) in [5, 5.41) is 0. The highest BCUT2D eigenvalue weighted by molar-refractivity contribution is 6.06. The zero-order valence-corrected chi connectivity index (χ0v) is 28.8. The number of carbonyl (C=O) groups excluding carboxylic acids is 3. The highest BCUT2D eigenvalue weighted by Crippen LogP contribution is 2.33. The molecule has 1 aliphatic carbocycles. The van der Waals surface area contributed by atoms with E-state index < -0.39 is 17.3 Å². The third kappa shape index (κ3) is 8.51. The van der Waals surface area contributed by atoms with Crippen molar-refractivity contribution >= 4 is 29.9 Å². The number of methoxy groups -OCH3 is 1. The van der Waals surface area contributed by atoms with Crippen LogP contribution in [0, 0.1) is 5.92 Å². The van der Waals surface area contributed by atoms with Crippen LogP contribution in [0.25, 0.3) is 0 Å². The molecule has 1 aromatic heterocycles. The van der Waals surface area contributed by atoms with E-state index in [1.54, 1.807) is 35.2 Å². The van der Waals surface area contributed by atoms with Crippen molar-refractivity contribution in [3.05, 3.63) is 41.6 Å². The first-order chi connectivity index (χ1) is 22.2. The molecular formula is C35H49N5O7. The molecule has 0 radical (unpaired) electrons. The van der Waals surface area contributed by atoms with Crippen molar-refractivity contribution < 1.29 is 33.3 Å². The number of likely N-dealkylation sites (tertiary alicyclic amines) is 1. The molecular weight excluding hydrogens is 602 g/mol. The second-order valence-electron chi connectivity index (χ2n) is 14.6. The zero-order chi connectivity index (χ0) is 33.9. The van der Waals surface area contributed by atoms with E-state index in [-0.39, 0.29) is 36.0 Å². The van der Waals surface area contributed by atoms with Gasteiger partial charge in [-0.2, -0.15) is 4.98 Å². The average molecular weight is 652 g/mol. The minimum atomic E-state index is -0.735. The van der Waals surface area contributed by atoms with Gasteiger partial charge < -0.3 is 23.8 Å². The number of anilines is 2. The first-order valence-corrected chi connectivity index (χ1v) is 16.7. The molecule has 256 valence electrons. The van der Waals surface area contributed by atoms with Crippen molar-refractivity contribution in [1.29, 1.82) is 0 Å². The second kappa shape index (κ2) is 14.0. The number of hydrogen-bond donors (Lipinski definition) is 0. The van der Waals surface area contributed by atoms with Crippen LogP contribution in [0.1, 0.15) is 89.6 Å². The number of hydrogen-bond acceptors (Lipinski definition) is 9. The number of piperidine rings is 1. The van der Waals surface area contributed by atoms with Crippen molar-refractivity contribution in [3.8, 4) is 5.75 Å². The minimum Gasteiger partial charge on any atom is -0.493 e. The molecule has 5 rings (SSSR count). The second-order valence-corrected chi connectivity index (χ2v) is 14.6. The number of nitrogens with zero attached hydrogens (tertiary/aromatic N) is 5. The summed E-state index contributed by atoms with van der Waals surface area (Å²) in [6.45, 7) is 13.0. The Morgan fingerprint density at radius 1 is 0.979 bits per heavy atom. The van der Waals surface area contributed by atoms with Crippen molar-refractivity contribution in [3.63, 3.8) is 0 Å². The molecule has 47 heavy (non-hydrogen) atoms. The van der Waals surface area contributed by atoms with Gasteiger partial charge in [0.25, 0.3) is 5.91 Å². The monoisotopic (exact) mass is 651 g/mol. The van der Waals surface area contributed by atoms with E-state index in [4.69, 9.17) is 23.9 Å². The van der Waals surface area contributed by atoms with E-state index in [1.165, 1.54) is 4.90 Å². The van der Waals surface area contributed by atoms with E-state index in [0.717, 1.165) is 30.6 Å². The Kier molecular flexibility index (Phi) is 10.3. The maximum Gasteiger partial charge on any atom is 0.417 e. The van der Waals surface area contributed by atoms with Gasteiger partial charge in [-0.1, -0.05) is 0 Å². The summed E-state index contributed by atoms with van der Waals surface area (Å²) in [6.07, 6.45) is 5.02. The van der Waals surface area contributed by atoms with E-state index >= 15 is 0 Å². The highest BCUT2D eigenvalue weighted by Gasteiger charge is 2.40. The summed E-state index contributed by atoms with van der Waals surface area (Å²) >= 11 is 0. The number of carbonyl (C=O) groups is 3. The molecule has 1 aromatic carbocycles. The molecule has 1 saturated carbocycles. The van der Waals surface area contributed by atoms with Crippen LogP contribution in [0.15, 0.2) is 30.5 Å². The van der Waals surface area contributed by atoms with Crippen LogP contribution in [0.3, 0.4) is 0 Å². The van der Waals surface area contributed by atoms with Crippen LogP contribution in [-0.4, -0.2) is 89.7 Å². The Balaban J connectivity index is 1.45. The topological polar surface area (TPSA) is 124 Å². The van der Waals surface area contributed by atoms with Crippen LogP contribution in [0.2, 0.25) is 0 Å². The summed E-state index contributed by atoms with van der Waals surface area (Å²) in [4.78, 5) is 55.0. The predicted octanol–water partition coefficient (Wildman–Crippen LogP) is 6.01. The fraction of sp³-hybridized carbons (Fsp3) is 0.629. The third-order valence-corrected chi connectivity index (χ3v) is 8.65. The molecule has 0 bridgehead atoms. The fourth-order valence-corrected chi connectivity index (χ4v) is 6.40. The zero-order valence-electron chi connectivity index (χ0n) is 28.8. The average Bonchev–Trinajstić information content (AvgIpc) is 3.67. The number of aromatic nitrogens is 2. The molecule has 0 N–H and O–H groups in total. The van der Waals surface area contributed by atoms with Crippen LogP contribution < -0.4 is 14.5 Å². The van der Waals surface area contributed by atoms with E-state index in [1.807, 2.05) is 53.7 Å². The number of benzene rings is 1. The summed E-state index contributed by atoms with van der Waals surface area (Å²) < 4.78 is 22.8. The number of rotatable bonds is 7.